The van der Waals surface area contributed by atoms with E-state index in [0.29, 0.717) is 12.6 Å². The Labute approximate surface area is 121 Å². The van der Waals surface area contributed by atoms with Crippen LogP contribution >= 0.6 is 0 Å². The molecule has 5 nitrogen and oxygen atoms in total. The predicted molar refractivity (Wildman–Crippen MR) is 82.3 cm³/mol. The third-order valence-corrected chi connectivity index (χ3v) is 4.13. The van der Waals surface area contributed by atoms with Crippen LogP contribution in [0.2, 0.25) is 0 Å². The molecule has 1 fully saturated rings. The van der Waals surface area contributed by atoms with Gasteiger partial charge in [0, 0.05) is 32.2 Å². The van der Waals surface area contributed by atoms with Crippen molar-refractivity contribution < 1.29 is 0 Å². The van der Waals surface area contributed by atoms with Crippen molar-refractivity contribution in [3.63, 3.8) is 0 Å². The van der Waals surface area contributed by atoms with E-state index in [2.05, 4.69) is 17.3 Å². The molecule has 2 rings (SSSR count). The van der Waals surface area contributed by atoms with Gasteiger partial charge in [0.1, 0.15) is 0 Å². The minimum atomic E-state index is -0.0201. The lowest BCUT2D eigenvalue weighted by Gasteiger charge is -2.23. The molecular weight excluding hydrogens is 252 g/mol. The molecule has 0 aromatic carbocycles. The van der Waals surface area contributed by atoms with Gasteiger partial charge in [-0.2, -0.15) is 5.10 Å². The van der Waals surface area contributed by atoms with Crippen molar-refractivity contribution in [2.75, 3.05) is 25.0 Å². The summed E-state index contributed by atoms with van der Waals surface area (Å²) in [4.78, 5) is 14.0. The topological polar surface area (TPSA) is 50.2 Å². The summed E-state index contributed by atoms with van der Waals surface area (Å²) in [6.45, 7) is 4.39. The van der Waals surface area contributed by atoms with E-state index in [-0.39, 0.29) is 5.56 Å². The van der Waals surface area contributed by atoms with Gasteiger partial charge in [-0.05, 0) is 19.8 Å². The highest BCUT2D eigenvalue weighted by Crippen LogP contribution is 2.17. The average Bonchev–Trinajstić information content (AvgIpc) is 2.49. The Morgan fingerprint density at radius 2 is 2.15 bits per heavy atom. The van der Waals surface area contributed by atoms with Crippen molar-refractivity contribution in [2.45, 2.75) is 51.6 Å². The van der Waals surface area contributed by atoms with Crippen LogP contribution in [0.3, 0.4) is 0 Å². The zero-order valence-corrected chi connectivity index (χ0v) is 12.6. The highest BCUT2D eigenvalue weighted by atomic mass is 16.1. The smallest absolute Gasteiger partial charge is 0.268 e. The number of nitrogens with zero attached hydrogens (tertiary/aromatic N) is 3. The Bertz CT molecular complexity index is 465. The van der Waals surface area contributed by atoms with Gasteiger partial charge in [0.2, 0.25) is 0 Å². The van der Waals surface area contributed by atoms with E-state index in [4.69, 9.17) is 0 Å². The van der Waals surface area contributed by atoms with E-state index in [9.17, 15) is 4.79 Å². The number of anilines is 1. The van der Waals surface area contributed by atoms with Crippen LogP contribution in [-0.2, 0) is 6.54 Å². The highest BCUT2D eigenvalue weighted by molar-refractivity contribution is 5.41. The molecule has 20 heavy (non-hydrogen) atoms. The Hall–Kier alpha value is -1.36. The van der Waals surface area contributed by atoms with Crippen molar-refractivity contribution in [2.24, 2.45) is 0 Å². The molecule has 0 radical (unpaired) electrons. The summed E-state index contributed by atoms with van der Waals surface area (Å²) in [6.07, 6.45) is 8.32. The monoisotopic (exact) mass is 278 g/mol. The fourth-order valence-corrected chi connectivity index (χ4v) is 2.66. The maximum atomic E-state index is 12.0. The number of rotatable bonds is 6. The van der Waals surface area contributed by atoms with Crippen molar-refractivity contribution >= 4 is 5.69 Å². The predicted octanol–water partition coefficient (Wildman–Crippen LogP) is 1.62. The van der Waals surface area contributed by atoms with Crippen LogP contribution in [0.5, 0.6) is 0 Å². The van der Waals surface area contributed by atoms with Gasteiger partial charge in [-0.25, -0.2) is 4.68 Å². The summed E-state index contributed by atoms with van der Waals surface area (Å²) in [6, 6.07) is 2.29. The van der Waals surface area contributed by atoms with E-state index in [1.165, 1.54) is 32.1 Å². The second-order valence-corrected chi connectivity index (χ2v) is 5.58. The maximum Gasteiger partial charge on any atom is 0.268 e. The molecule has 0 spiro atoms. The second kappa shape index (κ2) is 7.43. The van der Waals surface area contributed by atoms with E-state index >= 15 is 0 Å². The Morgan fingerprint density at radius 1 is 1.40 bits per heavy atom. The van der Waals surface area contributed by atoms with E-state index < -0.39 is 0 Å². The van der Waals surface area contributed by atoms with Crippen LogP contribution in [0.25, 0.3) is 0 Å². The molecule has 1 aromatic heterocycles. The summed E-state index contributed by atoms with van der Waals surface area (Å²) in [7, 11) is 1.96. The molecule has 5 heteroatoms. The molecular formula is C15H26N4O. The van der Waals surface area contributed by atoms with Crippen molar-refractivity contribution in [3.8, 4) is 0 Å². The van der Waals surface area contributed by atoms with E-state index in [1.54, 1.807) is 16.9 Å². The minimum Gasteiger partial charge on any atom is -0.373 e. The summed E-state index contributed by atoms with van der Waals surface area (Å²) in [5.41, 5.74) is 0.863. The molecule has 0 amide bonds. The number of hydrogen-bond acceptors (Lipinski definition) is 4. The first-order valence-electron chi connectivity index (χ1n) is 7.72. The molecule has 0 bridgehead atoms. The Balaban J connectivity index is 1.85. The Morgan fingerprint density at radius 3 is 2.80 bits per heavy atom. The molecule has 0 unspecified atom stereocenters. The molecule has 1 heterocycles. The Kier molecular flexibility index (Phi) is 5.59. The van der Waals surface area contributed by atoms with Gasteiger partial charge in [0.25, 0.3) is 5.56 Å². The first-order chi connectivity index (χ1) is 9.70. The number of hydrogen-bond donors (Lipinski definition) is 1. The maximum absolute atomic E-state index is 12.0. The SMILES string of the molecule is CCN(C)c1cnn(CCNC2CCCCC2)c(=O)c1. The fraction of sp³-hybridized carbons (Fsp3) is 0.733. The highest BCUT2D eigenvalue weighted by Gasteiger charge is 2.12. The largest absolute Gasteiger partial charge is 0.373 e. The van der Waals surface area contributed by atoms with Gasteiger partial charge >= 0.3 is 0 Å². The van der Waals surface area contributed by atoms with Crippen LogP contribution in [0.1, 0.15) is 39.0 Å². The molecule has 1 N–H and O–H groups in total. The lowest BCUT2D eigenvalue weighted by atomic mass is 9.95. The van der Waals surface area contributed by atoms with Gasteiger partial charge in [-0.1, -0.05) is 19.3 Å². The first-order valence-corrected chi connectivity index (χ1v) is 7.72. The molecule has 0 atom stereocenters. The van der Waals surface area contributed by atoms with Gasteiger partial charge in [0.05, 0.1) is 18.4 Å². The third kappa shape index (κ3) is 4.07. The van der Waals surface area contributed by atoms with Gasteiger partial charge in [0.15, 0.2) is 0 Å². The fourth-order valence-electron chi connectivity index (χ4n) is 2.66. The van der Waals surface area contributed by atoms with Crippen LogP contribution in [0.4, 0.5) is 5.69 Å². The van der Waals surface area contributed by atoms with Gasteiger partial charge in [-0.3, -0.25) is 4.79 Å². The van der Waals surface area contributed by atoms with Crippen LogP contribution in [0, 0.1) is 0 Å². The minimum absolute atomic E-state index is 0.0201. The van der Waals surface area contributed by atoms with Crippen molar-refractivity contribution in [1.82, 2.24) is 15.1 Å². The van der Waals surface area contributed by atoms with Crippen LogP contribution in [0.15, 0.2) is 17.1 Å². The third-order valence-electron chi connectivity index (χ3n) is 4.13. The normalized spacial score (nSPS) is 16.3. The molecule has 1 aliphatic carbocycles. The molecule has 1 aliphatic rings. The zero-order valence-electron chi connectivity index (χ0n) is 12.6. The van der Waals surface area contributed by atoms with Crippen LogP contribution in [-0.4, -0.2) is 36.0 Å². The summed E-state index contributed by atoms with van der Waals surface area (Å²) in [5, 5.41) is 7.79. The van der Waals surface area contributed by atoms with Gasteiger partial charge in [-0.15, -0.1) is 0 Å². The second-order valence-electron chi connectivity index (χ2n) is 5.58. The summed E-state index contributed by atoms with van der Waals surface area (Å²) < 4.78 is 1.54. The van der Waals surface area contributed by atoms with E-state index in [0.717, 1.165) is 18.8 Å². The summed E-state index contributed by atoms with van der Waals surface area (Å²) in [5.74, 6) is 0. The first kappa shape index (κ1) is 15.0. The number of aromatic nitrogens is 2. The molecule has 0 aliphatic heterocycles. The van der Waals surface area contributed by atoms with Crippen LogP contribution < -0.4 is 15.8 Å². The molecule has 1 aromatic rings. The average molecular weight is 278 g/mol. The lowest BCUT2D eigenvalue weighted by molar-refractivity contribution is 0.363. The summed E-state index contributed by atoms with van der Waals surface area (Å²) >= 11 is 0. The van der Waals surface area contributed by atoms with E-state index in [1.807, 2.05) is 11.9 Å². The number of nitrogens with one attached hydrogen (secondary N) is 1. The lowest BCUT2D eigenvalue weighted by Crippen LogP contribution is -2.36. The molecule has 112 valence electrons. The van der Waals surface area contributed by atoms with Crippen molar-refractivity contribution in [3.05, 3.63) is 22.6 Å². The quantitative estimate of drug-likeness (QED) is 0.859. The zero-order chi connectivity index (χ0) is 14.4. The molecule has 1 saturated carbocycles. The standard InChI is InChI=1S/C15H26N4O/c1-3-18(2)14-11-15(20)19(17-12-14)10-9-16-13-7-5-4-6-8-13/h11-13,16H,3-10H2,1-2H3. The van der Waals surface area contributed by atoms with Gasteiger partial charge < -0.3 is 10.2 Å². The molecule has 0 saturated heterocycles. The van der Waals surface area contributed by atoms with Crippen molar-refractivity contribution in [1.29, 1.82) is 0 Å².